The maximum atomic E-state index is 13.4. The van der Waals surface area contributed by atoms with Crippen molar-refractivity contribution in [1.29, 1.82) is 0 Å². The molecule has 0 aliphatic rings. The number of aryl methyl sites for hydroxylation is 3. The van der Waals surface area contributed by atoms with Gasteiger partial charge in [-0.3, -0.25) is 4.79 Å². The van der Waals surface area contributed by atoms with Crippen molar-refractivity contribution in [3.05, 3.63) is 112 Å². The Kier molecular flexibility index (Phi) is 11.0. The van der Waals surface area contributed by atoms with Crippen LogP contribution in [0.25, 0.3) is 0 Å². The number of thioether (sulfide) groups is 1. The average Bonchev–Trinajstić information content (AvgIpc) is 3.34. The van der Waals surface area contributed by atoms with Crippen LogP contribution in [0.5, 0.6) is 0 Å². The zero-order valence-electron chi connectivity index (χ0n) is 22.2. The molecule has 1 aromatic heterocycles. The first-order valence-corrected chi connectivity index (χ1v) is 14.8. The fourth-order valence-corrected chi connectivity index (χ4v) is 5.55. The first-order chi connectivity index (χ1) is 19.0. The average molecular weight is 565 g/mol. The van der Waals surface area contributed by atoms with Gasteiger partial charge < -0.3 is 9.88 Å². The summed E-state index contributed by atoms with van der Waals surface area (Å²) in [5, 5.41) is 13.2. The van der Waals surface area contributed by atoms with Gasteiger partial charge in [-0.2, -0.15) is 0 Å². The second kappa shape index (κ2) is 14.8. The predicted octanol–water partition coefficient (Wildman–Crippen LogP) is 7.20. The van der Waals surface area contributed by atoms with Crippen LogP contribution in [0, 0.1) is 5.82 Å². The quantitative estimate of drug-likeness (QED) is 0.130. The van der Waals surface area contributed by atoms with Gasteiger partial charge in [0.2, 0.25) is 5.91 Å². The molecule has 0 radical (unpaired) electrons. The van der Waals surface area contributed by atoms with E-state index in [0.717, 1.165) is 60.8 Å². The standard InChI is InChI=1S/C31H34ClFN4OS/c1-2-23-12-14-25(15-13-23)21-34-30(38)11-7-6-10-29-35-36-31(37(29)19-18-24-8-4-3-5-9-24)39-22-26-16-17-27(33)20-28(26)32/h3-5,8-9,12-17,20H,2,6-7,10-11,18-19,21-22H2,1H3,(H,34,38). The highest BCUT2D eigenvalue weighted by molar-refractivity contribution is 7.98. The smallest absolute Gasteiger partial charge is 0.220 e. The Hall–Kier alpha value is -3.16. The maximum absolute atomic E-state index is 13.4. The molecule has 0 aliphatic carbocycles. The van der Waals surface area contributed by atoms with Crippen LogP contribution < -0.4 is 5.32 Å². The number of benzene rings is 3. The fourth-order valence-electron chi connectivity index (χ4n) is 4.25. The van der Waals surface area contributed by atoms with Crippen LogP contribution in [0.3, 0.4) is 0 Å². The summed E-state index contributed by atoms with van der Waals surface area (Å²) in [4.78, 5) is 12.4. The Morgan fingerprint density at radius 2 is 1.72 bits per heavy atom. The van der Waals surface area contributed by atoms with Crippen LogP contribution in [-0.4, -0.2) is 20.7 Å². The van der Waals surface area contributed by atoms with Crippen molar-refractivity contribution in [2.24, 2.45) is 0 Å². The minimum absolute atomic E-state index is 0.0625. The third-order valence-electron chi connectivity index (χ3n) is 6.61. The molecule has 1 amide bonds. The zero-order valence-corrected chi connectivity index (χ0v) is 23.8. The number of carbonyl (C=O) groups is 1. The number of carbonyl (C=O) groups excluding carboxylic acids is 1. The second-order valence-corrected chi connectivity index (χ2v) is 10.8. The highest BCUT2D eigenvalue weighted by Crippen LogP contribution is 2.27. The lowest BCUT2D eigenvalue weighted by Crippen LogP contribution is -2.22. The van der Waals surface area contributed by atoms with Crippen molar-refractivity contribution in [2.75, 3.05) is 0 Å². The number of hydrogen-bond acceptors (Lipinski definition) is 4. The van der Waals surface area contributed by atoms with Crippen molar-refractivity contribution < 1.29 is 9.18 Å². The van der Waals surface area contributed by atoms with E-state index in [9.17, 15) is 9.18 Å². The van der Waals surface area contributed by atoms with Crippen molar-refractivity contribution in [1.82, 2.24) is 20.1 Å². The molecule has 39 heavy (non-hydrogen) atoms. The van der Waals surface area contributed by atoms with Crippen LogP contribution in [0.15, 0.2) is 78.0 Å². The lowest BCUT2D eigenvalue weighted by atomic mass is 10.1. The molecule has 0 atom stereocenters. The first kappa shape index (κ1) is 28.8. The van der Waals surface area contributed by atoms with Gasteiger partial charge in [0, 0.05) is 36.7 Å². The molecule has 0 saturated heterocycles. The van der Waals surface area contributed by atoms with Crippen LogP contribution in [0.2, 0.25) is 5.02 Å². The van der Waals surface area contributed by atoms with Gasteiger partial charge in [0.15, 0.2) is 5.16 Å². The largest absolute Gasteiger partial charge is 0.352 e. The van der Waals surface area contributed by atoms with E-state index in [1.54, 1.807) is 17.8 Å². The van der Waals surface area contributed by atoms with E-state index in [0.29, 0.717) is 23.7 Å². The van der Waals surface area contributed by atoms with Crippen LogP contribution in [-0.2, 0) is 42.9 Å². The lowest BCUT2D eigenvalue weighted by molar-refractivity contribution is -0.121. The van der Waals surface area contributed by atoms with E-state index < -0.39 is 0 Å². The van der Waals surface area contributed by atoms with E-state index in [2.05, 4.69) is 63.4 Å². The van der Waals surface area contributed by atoms with Gasteiger partial charge in [0.1, 0.15) is 11.6 Å². The molecule has 4 rings (SSSR count). The van der Waals surface area contributed by atoms with E-state index in [-0.39, 0.29) is 11.7 Å². The highest BCUT2D eigenvalue weighted by Gasteiger charge is 2.14. The summed E-state index contributed by atoms with van der Waals surface area (Å²) < 4.78 is 15.6. The third kappa shape index (κ3) is 8.94. The molecule has 0 fully saturated rings. The number of nitrogens with zero attached hydrogens (tertiary/aromatic N) is 3. The Balaban J connectivity index is 1.31. The minimum Gasteiger partial charge on any atom is -0.352 e. The number of hydrogen-bond donors (Lipinski definition) is 1. The summed E-state index contributed by atoms with van der Waals surface area (Å²) in [7, 11) is 0. The van der Waals surface area contributed by atoms with Crippen molar-refractivity contribution >= 4 is 29.3 Å². The highest BCUT2D eigenvalue weighted by atomic mass is 35.5. The molecule has 1 N–H and O–H groups in total. The summed E-state index contributed by atoms with van der Waals surface area (Å²) in [6.07, 6.45) is 4.71. The molecule has 0 bridgehead atoms. The van der Waals surface area contributed by atoms with Crippen molar-refractivity contribution in [3.63, 3.8) is 0 Å². The first-order valence-electron chi connectivity index (χ1n) is 13.4. The maximum Gasteiger partial charge on any atom is 0.220 e. The summed E-state index contributed by atoms with van der Waals surface area (Å²) in [5.74, 6) is 1.20. The molecule has 5 nitrogen and oxygen atoms in total. The van der Waals surface area contributed by atoms with Crippen LogP contribution >= 0.6 is 23.4 Å². The molecular formula is C31H34ClFN4OS. The number of nitrogens with one attached hydrogen (secondary N) is 1. The minimum atomic E-state index is -0.346. The Morgan fingerprint density at radius 1 is 0.949 bits per heavy atom. The van der Waals surface area contributed by atoms with Crippen LogP contribution in [0.1, 0.15) is 54.3 Å². The van der Waals surface area contributed by atoms with E-state index in [1.165, 1.54) is 23.3 Å². The van der Waals surface area contributed by atoms with Crippen molar-refractivity contribution in [2.45, 2.75) is 69.4 Å². The molecular weight excluding hydrogens is 531 g/mol. The van der Waals surface area contributed by atoms with E-state index in [4.69, 9.17) is 11.6 Å². The second-order valence-electron chi connectivity index (χ2n) is 9.46. The Labute approximate surface area is 239 Å². The zero-order chi connectivity index (χ0) is 27.5. The number of aromatic nitrogens is 3. The van der Waals surface area contributed by atoms with Crippen molar-refractivity contribution in [3.8, 4) is 0 Å². The number of halogens is 2. The summed E-state index contributed by atoms with van der Waals surface area (Å²) in [6.45, 7) is 3.44. The monoisotopic (exact) mass is 564 g/mol. The SMILES string of the molecule is CCc1ccc(CNC(=O)CCCCc2nnc(SCc3ccc(F)cc3Cl)n2CCc2ccccc2)cc1. The normalized spacial score (nSPS) is 11.1. The number of rotatable bonds is 14. The molecule has 1 heterocycles. The Morgan fingerprint density at radius 3 is 2.46 bits per heavy atom. The fraction of sp³-hybridized carbons (Fsp3) is 0.323. The number of unbranched alkanes of at least 4 members (excludes halogenated alkanes) is 1. The molecule has 0 aliphatic heterocycles. The molecule has 8 heteroatoms. The van der Waals surface area contributed by atoms with Gasteiger partial charge in [-0.25, -0.2) is 4.39 Å². The summed E-state index contributed by atoms with van der Waals surface area (Å²) in [6, 6.07) is 23.2. The van der Waals surface area contributed by atoms with Gasteiger partial charge in [-0.15, -0.1) is 10.2 Å². The predicted molar refractivity (Wildman–Crippen MR) is 156 cm³/mol. The topological polar surface area (TPSA) is 59.8 Å². The number of amides is 1. The molecule has 3 aromatic carbocycles. The summed E-state index contributed by atoms with van der Waals surface area (Å²) in [5.41, 5.74) is 4.51. The molecule has 0 unspecified atom stereocenters. The van der Waals surface area contributed by atoms with Gasteiger partial charge in [0.25, 0.3) is 0 Å². The van der Waals surface area contributed by atoms with Gasteiger partial charge >= 0.3 is 0 Å². The molecule has 0 saturated carbocycles. The van der Waals surface area contributed by atoms with Gasteiger partial charge in [0.05, 0.1) is 0 Å². The molecule has 4 aromatic rings. The van der Waals surface area contributed by atoms with E-state index >= 15 is 0 Å². The van der Waals surface area contributed by atoms with E-state index in [1.807, 2.05) is 18.2 Å². The summed E-state index contributed by atoms with van der Waals surface area (Å²) >= 11 is 7.78. The molecule has 0 spiro atoms. The van der Waals surface area contributed by atoms with Gasteiger partial charge in [-0.1, -0.05) is 91.0 Å². The van der Waals surface area contributed by atoms with Gasteiger partial charge in [-0.05, 0) is 60.1 Å². The third-order valence-corrected chi connectivity index (χ3v) is 7.97. The van der Waals surface area contributed by atoms with Crippen LogP contribution in [0.4, 0.5) is 4.39 Å². The Bertz CT molecular complexity index is 1340. The lowest BCUT2D eigenvalue weighted by Gasteiger charge is -2.11. The molecule has 204 valence electrons.